The van der Waals surface area contributed by atoms with Gasteiger partial charge in [-0.25, -0.2) is 8.78 Å². The fourth-order valence-electron chi connectivity index (χ4n) is 7.11. The van der Waals surface area contributed by atoms with Gasteiger partial charge >= 0.3 is 6.08 Å². The van der Waals surface area contributed by atoms with Crippen LogP contribution in [0.3, 0.4) is 0 Å². The second kappa shape index (κ2) is 9.87. The molecule has 8 rings (SSSR count). The van der Waals surface area contributed by atoms with Crippen molar-refractivity contribution in [2.75, 3.05) is 18.1 Å². The minimum absolute atomic E-state index is 0.0753. The summed E-state index contributed by atoms with van der Waals surface area (Å²) < 4.78 is 45.1. The number of alkyl halides is 2. The molecule has 5 aliphatic rings. The van der Waals surface area contributed by atoms with Crippen LogP contribution in [-0.4, -0.2) is 45.3 Å². The van der Waals surface area contributed by atoms with Gasteiger partial charge in [0.25, 0.3) is 5.89 Å². The fourth-order valence-corrected chi connectivity index (χ4v) is 7.11. The zero-order chi connectivity index (χ0) is 28.2. The van der Waals surface area contributed by atoms with Gasteiger partial charge in [-0.2, -0.15) is 4.98 Å². The molecule has 2 aromatic heterocycles. The minimum Gasteiger partial charge on any atom is -0.449 e. The number of carbonyl (C=O) groups excluding carboxylic acids is 1. The smallest absolute Gasteiger partial charge is 0.414 e. The normalized spacial score (nSPS) is 28.6. The van der Waals surface area contributed by atoms with Crippen molar-refractivity contribution in [1.29, 1.82) is 0 Å². The van der Waals surface area contributed by atoms with Crippen LogP contribution in [-0.2, 0) is 10.2 Å². The lowest BCUT2D eigenvalue weighted by molar-refractivity contribution is -0.124. The Hall–Kier alpha value is -3.37. The highest BCUT2D eigenvalue weighted by Gasteiger charge is 2.54. The molecular formula is C30H35F2N5O4. The zero-order valence-corrected chi connectivity index (χ0v) is 23.3. The molecule has 1 aromatic carbocycles. The number of rotatable bonds is 9. The van der Waals surface area contributed by atoms with Crippen molar-refractivity contribution < 1.29 is 27.3 Å². The van der Waals surface area contributed by atoms with Crippen molar-refractivity contribution in [1.82, 2.24) is 20.3 Å². The topological polar surface area (TPSA) is 107 Å². The molecule has 2 bridgehead atoms. The summed E-state index contributed by atoms with van der Waals surface area (Å²) in [6.45, 7) is 2.71. The number of anilines is 1. The Morgan fingerprint density at radius 2 is 1.85 bits per heavy atom. The van der Waals surface area contributed by atoms with Crippen LogP contribution in [0.4, 0.5) is 14.5 Å². The van der Waals surface area contributed by atoms with Gasteiger partial charge in [-0.1, -0.05) is 16.3 Å². The van der Waals surface area contributed by atoms with Gasteiger partial charge in [0.05, 0.1) is 6.61 Å². The number of nitrogens with zero attached hydrogens (tertiary/aromatic N) is 5. The summed E-state index contributed by atoms with van der Waals surface area (Å²) in [5.41, 5.74) is 1.10. The number of amides is 1. The summed E-state index contributed by atoms with van der Waals surface area (Å²) in [5.74, 6) is -1.40. The highest BCUT2D eigenvalue weighted by Crippen LogP contribution is 2.58. The van der Waals surface area contributed by atoms with E-state index in [1.54, 1.807) is 4.90 Å². The molecule has 41 heavy (non-hydrogen) atoms. The average molecular weight is 568 g/mol. The lowest BCUT2D eigenvalue weighted by Gasteiger charge is -2.53. The van der Waals surface area contributed by atoms with Gasteiger partial charge in [0.15, 0.2) is 5.82 Å². The highest BCUT2D eigenvalue weighted by atomic mass is 19.3. The SMILES string of the molecule is CCOc1nnc(-c2cccc(N(CC34CCC(c5nc(C6CC6)no5)(CC3)CC4)C(=O)C3CCC(F)(F)C3)c2)o1. The Bertz CT molecular complexity index is 1410. The second-order valence-corrected chi connectivity index (χ2v) is 12.6. The van der Waals surface area contributed by atoms with E-state index in [9.17, 15) is 13.6 Å². The van der Waals surface area contributed by atoms with Crippen molar-refractivity contribution in [2.24, 2.45) is 11.3 Å². The molecule has 218 valence electrons. The van der Waals surface area contributed by atoms with E-state index in [0.717, 1.165) is 63.1 Å². The van der Waals surface area contributed by atoms with Crippen molar-refractivity contribution >= 4 is 11.6 Å². The lowest BCUT2D eigenvalue weighted by atomic mass is 9.53. The van der Waals surface area contributed by atoms with E-state index in [1.807, 2.05) is 31.2 Å². The summed E-state index contributed by atoms with van der Waals surface area (Å²) in [5, 5.41) is 12.3. The number of aromatic nitrogens is 4. The van der Waals surface area contributed by atoms with Gasteiger partial charge in [0, 0.05) is 47.9 Å². The Labute approximate surface area is 237 Å². The summed E-state index contributed by atoms with van der Waals surface area (Å²) in [7, 11) is 0. The van der Waals surface area contributed by atoms with Crippen LogP contribution >= 0.6 is 0 Å². The molecule has 0 saturated heterocycles. The monoisotopic (exact) mass is 567 g/mol. The number of halogens is 2. The molecule has 5 fully saturated rings. The van der Waals surface area contributed by atoms with Crippen LogP contribution in [0, 0.1) is 11.3 Å². The minimum atomic E-state index is -2.80. The van der Waals surface area contributed by atoms with Gasteiger partial charge in [0.2, 0.25) is 17.7 Å². The predicted molar refractivity (Wildman–Crippen MR) is 144 cm³/mol. The molecule has 0 radical (unpaired) electrons. The van der Waals surface area contributed by atoms with E-state index in [4.69, 9.17) is 18.7 Å². The van der Waals surface area contributed by atoms with Gasteiger partial charge in [0.1, 0.15) is 0 Å². The van der Waals surface area contributed by atoms with Crippen molar-refractivity contribution in [3.8, 4) is 17.5 Å². The third-order valence-corrected chi connectivity index (χ3v) is 9.83. The number of hydrogen-bond donors (Lipinski definition) is 0. The predicted octanol–water partition coefficient (Wildman–Crippen LogP) is 6.46. The molecular weight excluding hydrogens is 532 g/mol. The molecule has 11 heteroatoms. The van der Waals surface area contributed by atoms with Gasteiger partial charge in [-0.15, -0.1) is 5.10 Å². The Kier molecular flexibility index (Phi) is 6.39. The van der Waals surface area contributed by atoms with E-state index in [1.165, 1.54) is 0 Å². The molecule has 5 saturated carbocycles. The quantitative estimate of drug-likeness (QED) is 0.290. The van der Waals surface area contributed by atoms with Crippen LogP contribution in [0.25, 0.3) is 11.5 Å². The number of carbonyl (C=O) groups is 1. The van der Waals surface area contributed by atoms with Gasteiger partial charge < -0.3 is 18.6 Å². The standard InChI is InChI=1S/C30H35F2N5O4/c1-2-39-27-35-34-24(40-27)20-4-3-5-22(16-20)37(25(38)21-8-9-30(31,32)17-21)18-28-10-13-29(14-11-28,15-12-28)26-33-23(36-41-26)19-6-7-19/h3-5,16,19,21H,2,6-15,17-18H2,1H3. The van der Waals surface area contributed by atoms with Crippen molar-refractivity contribution in [3.05, 3.63) is 36.0 Å². The summed E-state index contributed by atoms with van der Waals surface area (Å²) in [6, 6.07) is 7.35. The molecule has 3 aromatic rings. The number of fused-ring (bicyclic) bond motifs is 3. The molecule has 9 nitrogen and oxygen atoms in total. The Morgan fingerprint density at radius 3 is 2.54 bits per heavy atom. The Morgan fingerprint density at radius 1 is 1.07 bits per heavy atom. The van der Waals surface area contributed by atoms with Gasteiger partial charge in [-0.3, -0.25) is 4.79 Å². The Balaban J connectivity index is 1.15. The second-order valence-electron chi connectivity index (χ2n) is 12.6. The maximum absolute atomic E-state index is 14.2. The van der Waals surface area contributed by atoms with Gasteiger partial charge in [-0.05, 0) is 88.3 Å². The summed E-state index contributed by atoms with van der Waals surface area (Å²) in [6.07, 6.45) is 7.40. The molecule has 5 aliphatic carbocycles. The molecule has 0 aliphatic heterocycles. The number of hydrogen-bond acceptors (Lipinski definition) is 8. The average Bonchev–Trinajstić information content (AvgIpc) is 3.34. The number of ether oxygens (including phenoxy) is 1. The molecule has 1 atom stereocenters. The van der Waals surface area contributed by atoms with Crippen LogP contribution in [0.1, 0.15) is 95.2 Å². The molecule has 0 spiro atoms. The van der Waals surface area contributed by atoms with Crippen LogP contribution in [0.15, 0.2) is 33.2 Å². The third-order valence-electron chi connectivity index (χ3n) is 9.83. The third kappa shape index (κ3) is 5.01. The highest BCUT2D eigenvalue weighted by molar-refractivity contribution is 5.96. The van der Waals surface area contributed by atoms with E-state index < -0.39 is 18.3 Å². The van der Waals surface area contributed by atoms with Crippen molar-refractivity contribution in [2.45, 2.75) is 94.8 Å². The zero-order valence-electron chi connectivity index (χ0n) is 23.3. The van der Waals surface area contributed by atoms with E-state index in [-0.39, 0.29) is 41.5 Å². The maximum atomic E-state index is 14.2. The molecule has 1 amide bonds. The molecule has 1 unspecified atom stereocenters. The fraction of sp³-hybridized carbons (Fsp3) is 0.633. The largest absolute Gasteiger partial charge is 0.449 e. The number of benzene rings is 1. The molecule has 0 N–H and O–H groups in total. The van der Waals surface area contributed by atoms with E-state index in [2.05, 4.69) is 15.4 Å². The first-order valence-corrected chi connectivity index (χ1v) is 14.9. The van der Waals surface area contributed by atoms with Crippen LogP contribution in [0.5, 0.6) is 6.08 Å². The molecule has 2 heterocycles. The maximum Gasteiger partial charge on any atom is 0.414 e. The van der Waals surface area contributed by atoms with Crippen LogP contribution in [0.2, 0.25) is 0 Å². The van der Waals surface area contributed by atoms with E-state index in [0.29, 0.717) is 30.3 Å². The summed E-state index contributed by atoms with van der Waals surface area (Å²) in [4.78, 5) is 20.5. The van der Waals surface area contributed by atoms with Crippen molar-refractivity contribution in [3.63, 3.8) is 0 Å². The van der Waals surface area contributed by atoms with Crippen LogP contribution < -0.4 is 9.64 Å². The first-order valence-electron chi connectivity index (χ1n) is 14.9. The summed E-state index contributed by atoms with van der Waals surface area (Å²) >= 11 is 0. The first-order chi connectivity index (χ1) is 19.8. The lowest BCUT2D eigenvalue weighted by Crippen LogP contribution is -2.51. The first kappa shape index (κ1) is 26.5. The van der Waals surface area contributed by atoms with E-state index >= 15 is 0 Å².